The molecular weight excluding hydrogens is 286 g/mol. The minimum absolute atomic E-state index is 0.122. The lowest BCUT2D eigenvalue weighted by atomic mass is 9.94. The van der Waals surface area contributed by atoms with Crippen LogP contribution in [-0.2, 0) is 14.4 Å². The van der Waals surface area contributed by atoms with Crippen molar-refractivity contribution in [3.63, 3.8) is 0 Å². The summed E-state index contributed by atoms with van der Waals surface area (Å²) in [5.41, 5.74) is 1.87. The van der Waals surface area contributed by atoms with Crippen molar-refractivity contribution in [2.24, 2.45) is 11.0 Å². The summed E-state index contributed by atoms with van der Waals surface area (Å²) in [5, 5.41) is 17.1. The van der Waals surface area contributed by atoms with Gasteiger partial charge in [-0.15, -0.1) is 0 Å². The molecule has 1 aromatic rings. The van der Waals surface area contributed by atoms with E-state index in [-0.39, 0.29) is 30.4 Å². The molecule has 116 valence electrons. The van der Waals surface area contributed by atoms with E-state index in [1.165, 1.54) is 6.92 Å². The van der Waals surface area contributed by atoms with Crippen LogP contribution in [0.5, 0.6) is 0 Å². The zero-order valence-corrected chi connectivity index (χ0v) is 12.4. The molecule has 0 aromatic heterocycles. The maximum atomic E-state index is 11.5. The Morgan fingerprint density at radius 1 is 1.36 bits per heavy atom. The average Bonchev–Trinajstić information content (AvgIpc) is 2.43. The molecule has 2 N–H and O–H groups in total. The molecule has 0 saturated heterocycles. The number of amides is 2. The molecule has 0 spiro atoms. The van der Waals surface area contributed by atoms with E-state index in [4.69, 9.17) is 0 Å². The third-order valence-corrected chi connectivity index (χ3v) is 3.29. The van der Waals surface area contributed by atoms with E-state index in [9.17, 15) is 19.6 Å². The zero-order chi connectivity index (χ0) is 16.3. The largest absolute Gasteiger partial charge is 0.599 e. The summed E-state index contributed by atoms with van der Waals surface area (Å²) in [7, 11) is 0. The molecule has 1 aliphatic rings. The minimum Gasteiger partial charge on any atom is -0.599 e. The Balaban J connectivity index is 2.12. The molecule has 0 saturated carbocycles. The molecule has 1 aromatic carbocycles. The van der Waals surface area contributed by atoms with Crippen molar-refractivity contribution in [3.05, 3.63) is 35.0 Å². The highest BCUT2D eigenvalue weighted by Crippen LogP contribution is 2.17. The number of rotatable bonds is 4. The molecule has 2 amide bonds. The summed E-state index contributed by atoms with van der Waals surface area (Å²) in [6.07, 6.45) is -0.00310. The number of hydrogen-bond donors (Lipinski definition) is 2. The van der Waals surface area contributed by atoms with Crippen molar-refractivity contribution in [3.8, 4) is 0 Å². The molecule has 1 aliphatic heterocycles. The van der Waals surface area contributed by atoms with E-state index in [1.807, 2.05) is 6.92 Å². The predicted molar refractivity (Wildman–Crippen MR) is 80.0 cm³/mol. The number of anilines is 1. The Morgan fingerprint density at radius 2 is 2.00 bits per heavy atom. The first-order chi connectivity index (χ1) is 10.4. The van der Waals surface area contributed by atoms with Crippen molar-refractivity contribution in [1.82, 2.24) is 0 Å². The highest BCUT2D eigenvalue weighted by Gasteiger charge is 2.27. The van der Waals surface area contributed by atoms with Crippen LogP contribution in [0.25, 0.3) is 0 Å². The Bertz CT molecular complexity index is 637. The van der Waals surface area contributed by atoms with Gasteiger partial charge in [0, 0.05) is 17.2 Å². The van der Waals surface area contributed by atoms with Gasteiger partial charge in [0.25, 0.3) is 0 Å². The van der Waals surface area contributed by atoms with Crippen LogP contribution >= 0.6 is 0 Å². The third-order valence-electron chi connectivity index (χ3n) is 3.29. The number of nitrogens with one attached hydrogen (secondary N) is 2. The van der Waals surface area contributed by atoms with Gasteiger partial charge in [-0.25, -0.2) is 4.79 Å². The van der Waals surface area contributed by atoms with Crippen molar-refractivity contribution in [2.75, 3.05) is 5.32 Å². The summed E-state index contributed by atoms with van der Waals surface area (Å²) < 4.78 is 0. The minimum atomic E-state index is -0.716. The van der Waals surface area contributed by atoms with Gasteiger partial charge < -0.3 is 10.5 Å². The number of carbonyl (C=O) groups is 3. The smallest absolute Gasteiger partial charge is 0.338 e. The van der Waals surface area contributed by atoms with Crippen LogP contribution in [0.2, 0.25) is 0 Å². The van der Waals surface area contributed by atoms with Crippen molar-refractivity contribution < 1.29 is 19.6 Å². The van der Waals surface area contributed by atoms with E-state index in [1.54, 1.807) is 24.3 Å². The van der Waals surface area contributed by atoms with Crippen LogP contribution < -0.4 is 10.5 Å². The number of hydrogen-bond acceptors (Lipinski definition) is 5. The molecular formula is C15H17N3O4. The van der Waals surface area contributed by atoms with Gasteiger partial charge >= 0.3 is 5.91 Å². The van der Waals surface area contributed by atoms with Gasteiger partial charge in [0.05, 0.1) is 12.8 Å². The molecule has 22 heavy (non-hydrogen) atoms. The van der Waals surface area contributed by atoms with Crippen LogP contribution in [0, 0.1) is 11.1 Å². The standard InChI is InChI=1S/C15H17N3O4/c1-9-7-14(21)18(22)17-15(9)11-3-5-12(6-4-11)16-13(20)8-10(2)19/h3-6,9,18H,7-8H2,1-2H3,(H,16,20). The lowest BCUT2D eigenvalue weighted by molar-refractivity contribution is -0.774. The third kappa shape index (κ3) is 3.84. The number of ketones is 1. The fourth-order valence-electron chi connectivity index (χ4n) is 2.25. The quantitative estimate of drug-likeness (QED) is 0.615. The molecule has 2 rings (SSSR count). The maximum absolute atomic E-state index is 11.5. The van der Waals surface area contributed by atoms with Crippen molar-refractivity contribution in [1.29, 1.82) is 0 Å². The highest BCUT2D eigenvalue weighted by molar-refractivity contribution is 6.05. The molecule has 0 bridgehead atoms. The Labute approximate surface area is 127 Å². The lowest BCUT2D eigenvalue weighted by Gasteiger charge is -2.24. The van der Waals surface area contributed by atoms with Gasteiger partial charge in [-0.2, -0.15) is 5.17 Å². The SMILES string of the molecule is CC(=O)CC(=O)Nc1ccc(C2=N[NH+]([O-])C(=O)CC2C)cc1. The number of nitrogens with zero attached hydrogens (tertiary/aromatic N) is 1. The average molecular weight is 303 g/mol. The van der Waals surface area contributed by atoms with Crippen molar-refractivity contribution >= 4 is 29.0 Å². The fourth-order valence-corrected chi connectivity index (χ4v) is 2.25. The van der Waals surface area contributed by atoms with Gasteiger partial charge in [-0.3, -0.25) is 9.59 Å². The first-order valence-electron chi connectivity index (χ1n) is 6.92. The summed E-state index contributed by atoms with van der Waals surface area (Å²) in [6, 6.07) is 6.79. The molecule has 0 radical (unpaired) electrons. The van der Waals surface area contributed by atoms with Crippen LogP contribution in [0.15, 0.2) is 29.4 Å². The van der Waals surface area contributed by atoms with Gasteiger partial charge in [-0.1, -0.05) is 24.2 Å². The fraction of sp³-hybridized carbons (Fsp3) is 0.333. The maximum Gasteiger partial charge on any atom is 0.338 e. The van der Waals surface area contributed by atoms with E-state index >= 15 is 0 Å². The Hall–Kier alpha value is -2.38. The molecule has 2 unspecified atom stereocenters. The first-order valence-corrected chi connectivity index (χ1v) is 6.92. The summed E-state index contributed by atoms with van der Waals surface area (Å²) in [4.78, 5) is 33.7. The molecule has 7 heteroatoms. The van der Waals surface area contributed by atoms with Crippen LogP contribution in [0.4, 0.5) is 5.69 Å². The Morgan fingerprint density at radius 3 is 2.59 bits per heavy atom. The van der Waals surface area contributed by atoms with Gasteiger partial charge in [-0.05, 0) is 19.1 Å². The number of hydroxylamine groups is 1. The van der Waals surface area contributed by atoms with Crippen LogP contribution in [-0.4, -0.2) is 23.3 Å². The number of quaternary nitrogens is 1. The molecule has 0 aliphatic carbocycles. The second-order valence-electron chi connectivity index (χ2n) is 5.33. The molecule has 1 heterocycles. The number of Topliss-reactive ketones (excluding diaryl/α,β-unsaturated/α-hetero) is 1. The van der Waals surface area contributed by atoms with E-state index < -0.39 is 11.1 Å². The highest BCUT2D eigenvalue weighted by atomic mass is 16.5. The van der Waals surface area contributed by atoms with Crippen molar-refractivity contribution in [2.45, 2.75) is 26.7 Å². The van der Waals surface area contributed by atoms with E-state index in [0.717, 1.165) is 5.56 Å². The van der Waals surface area contributed by atoms with Crippen LogP contribution in [0.1, 0.15) is 32.3 Å². The summed E-state index contributed by atoms with van der Waals surface area (Å²) in [5.74, 6) is -1.17. The molecule has 0 fully saturated rings. The second kappa shape index (κ2) is 6.59. The monoisotopic (exact) mass is 303 g/mol. The Kier molecular flexibility index (Phi) is 4.79. The van der Waals surface area contributed by atoms with E-state index in [0.29, 0.717) is 11.4 Å². The number of carbonyl (C=O) groups excluding carboxylic acids is 3. The predicted octanol–water partition coefficient (Wildman–Crippen LogP) is 0.257. The topological polar surface area (TPSA) is 103 Å². The molecule has 2 atom stereocenters. The summed E-state index contributed by atoms with van der Waals surface area (Å²) >= 11 is 0. The first kappa shape index (κ1) is 16.0. The lowest BCUT2D eigenvalue weighted by Crippen LogP contribution is -3.06. The second-order valence-corrected chi connectivity index (χ2v) is 5.33. The van der Waals surface area contributed by atoms with Gasteiger partial charge in [0.15, 0.2) is 0 Å². The normalized spacial score (nSPS) is 21.2. The molecule has 7 nitrogen and oxygen atoms in total. The van der Waals surface area contributed by atoms with Gasteiger partial charge in [0.2, 0.25) is 5.91 Å². The number of benzene rings is 1. The van der Waals surface area contributed by atoms with E-state index in [2.05, 4.69) is 10.4 Å². The van der Waals surface area contributed by atoms with Crippen LogP contribution in [0.3, 0.4) is 0 Å². The van der Waals surface area contributed by atoms with Gasteiger partial charge in [0.1, 0.15) is 11.5 Å². The summed E-state index contributed by atoms with van der Waals surface area (Å²) in [6.45, 7) is 3.19. The zero-order valence-electron chi connectivity index (χ0n) is 12.4.